The average Bonchev–Trinajstić information content (AvgIpc) is 2.63. The molecule has 2 unspecified atom stereocenters. The summed E-state index contributed by atoms with van der Waals surface area (Å²) in [4.78, 5) is 13.5. The van der Waals surface area contributed by atoms with Gasteiger partial charge < -0.3 is 4.90 Å². The van der Waals surface area contributed by atoms with Crippen molar-refractivity contribution < 1.29 is 17.1 Å². The Balaban J connectivity index is 2.40. The van der Waals surface area contributed by atoms with Gasteiger partial charge in [-0.1, -0.05) is 32.6 Å². The molecule has 112 valence electrons. The molecule has 1 saturated heterocycles. The van der Waals surface area contributed by atoms with Gasteiger partial charge in [0.25, 0.3) is 0 Å². The fourth-order valence-electron chi connectivity index (χ4n) is 2.65. The van der Waals surface area contributed by atoms with Crippen molar-refractivity contribution in [2.75, 3.05) is 12.3 Å². The predicted octanol–water partition coefficient (Wildman–Crippen LogP) is 2.49. The first-order valence-corrected chi connectivity index (χ1v) is 8.60. The van der Waals surface area contributed by atoms with Crippen LogP contribution < -0.4 is 0 Å². The Morgan fingerprint density at radius 1 is 1.37 bits per heavy atom. The van der Waals surface area contributed by atoms with Gasteiger partial charge in [0.1, 0.15) is 0 Å². The summed E-state index contributed by atoms with van der Waals surface area (Å²) >= 11 is 0. The Kier molecular flexibility index (Phi) is 6.23. The van der Waals surface area contributed by atoms with Gasteiger partial charge in [0.05, 0.1) is 5.75 Å². The number of likely N-dealkylation sites (tertiary alicyclic amines) is 1. The van der Waals surface area contributed by atoms with Gasteiger partial charge in [-0.15, -0.1) is 3.89 Å². The maximum absolute atomic E-state index is 12.6. The summed E-state index contributed by atoms with van der Waals surface area (Å²) in [5, 5.41) is 0. The van der Waals surface area contributed by atoms with Crippen LogP contribution >= 0.6 is 0 Å². The van der Waals surface area contributed by atoms with E-state index in [4.69, 9.17) is 0 Å². The van der Waals surface area contributed by atoms with Crippen molar-refractivity contribution in [3.63, 3.8) is 0 Å². The average molecular weight is 293 g/mol. The van der Waals surface area contributed by atoms with E-state index in [-0.39, 0.29) is 24.3 Å². The standard InChI is InChI=1S/C13H24FNO3S/c1-3-4-5-6-7-11(2)15-9-12(8-13(15)16)10-19(14,17)18/h11-12H,3-10H2,1-2H3. The van der Waals surface area contributed by atoms with E-state index in [1.807, 2.05) is 6.92 Å². The second-order valence-electron chi connectivity index (χ2n) is 5.52. The first-order valence-electron chi connectivity index (χ1n) is 7.05. The van der Waals surface area contributed by atoms with E-state index >= 15 is 0 Å². The molecule has 0 aromatic rings. The van der Waals surface area contributed by atoms with Crippen molar-refractivity contribution in [3.05, 3.63) is 0 Å². The van der Waals surface area contributed by atoms with Gasteiger partial charge in [-0.25, -0.2) is 0 Å². The molecule has 1 amide bonds. The summed E-state index contributed by atoms with van der Waals surface area (Å²) in [6, 6.07) is 0.122. The molecule has 6 heteroatoms. The summed E-state index contributed by atoms with van der Waals surface area (Å²) in [5.41, 5.74) is 0. The minimum atomic E-state index is -4.48. The highest BCUT2D eigenvalue weighted by Crippen LogP contribution is 2.24. The van der Waals surface area contributed by atoms with Crippen molar-refractivity contribution in [2.24, 2.45) is 5.92 Å². The summed E-state index contributed by atoms with van der Waals surface area (Å²) in [5.74, 6) is -0.963. The molecular weight excluding hydrogens is 269 g/mol. The van der Waals surface area contributed by atoms with Gasteiger partial charge in [0, 0.05) is 24.9 Å². The van der Waals surface area contributed by atoms with Crippen LogP contribution in [0.5, 0.6) is 0 Å². The van der Waals surface area contributed by atoms with E-state index < -0.39 is 16.0 Å². The number of nitrogens with zero attached hydrogens (tertiary/aromatic N) is 1. The second kappa shape index (κ2) is 7.22. The van der Waals surface area contributed by atoms with Crippen LogP contribution in [0.1, 0.15) is 52.4 Å². The molecule has 0 aromatic carbocycles. The molecule has 1 rings (SSSR count). The fraction of sp³-hybridized carbons (Fsp3) is 0.923. The van der Waals surface area contributed by atoms with Crippen LogP contribution in [-0.2, 0) is 15.0 Å². The van der Waals surface area contributed by atoms with Gasteiger partial charge in [0.15, 0.2) is 0 Å². The molecule has 0 saturated carbocycles. The van der Waals surface area contributed by atoms with Crippen molar-refractivity contribution >= 4 is 16.1 Å². The zero-order chi connectivity index (χ0) is 14.5. The van der Waals surface area contributed by atoms with Crippen LogP contribution in [0.2, 0.25) is 0 Å². The summed E-state index contributed by atoms with van der Waals surface area (Å²) in [7, 11) is -4.48. The highest BCUT2D eigenvalue weighted by molar-refractivity contribution is 7.86. The highest BCUT2D eigenvalue weighted by atomic mass is 32.3. The monoisotopic (exact) mass is 293 g/mol. The first-order chi connectivity index (χ1) is 8.83. The Morgan fingerprint density at radius 3 is 2.63 bits per heavy atom. The highest BCUT2D eigenvalue weighted by Gasteiger charge is 2.34. The van der Waals surface area contributed by atoms with Crippen molar-refractivity contribution in [1.29, 1.82) is 0 Å². The number of amides is 1. The molecule has 0 aromatic heterocycles. The number of carbonyl (C=O) groups excluding carboxylic acids is 1. The number of unbranched alkanes of at least 4 members (excludes halogenated alkanes) is 3. The molecule has 0 spiro atoms. The predicted molar refractivity (Wildman–Crippen MR) is 72.9 cm³/mol. The van der Waals surface area contributed by atoms with Crippen LogP contribution in [0.3, 0.4) is 0 Å². The third-order valence-electron chi connectivity index (χ3n) is 3.68. The molecule has 1 aliphatic heterocycles. The van der Waals surface area contributed by atoms with E-state index in [1.54, 1.807) is 4.90 Å². The maximum Gasteiger partial charge on any atom is 0.302 e. The SMILES string of the molecule is CCCCCCC(C)N1CC(CS(=O)(=O)F)CC1=O. The molecule has 0 radical (unpaired) electrons. The normalized spacial score (nSPS) is 21.9. The number of hydrogen-bond donors (Lipinski definition) is 0. The first kappa shape index (κ1) is 16.4. The van der Waals surface area contributed by atoms with Gasteiger partial charge >= 0.3 is 10.2 Å². The van der Waals surface area contributed by atoms with Gasteiger partial charge in [-0.3, -0.25) is 4.79 Å². The third-order valence-corrected chi connectivity index (χ3v) is 4.55. The Hall–Kier alpha value is -0.650. The van der Waals surface area contributed by atoms with Gasteiger partial charge in [-0.2, -0.15) is 8.42 Å². The van der Waals surface area contributed by atoms with Crippen molar-refractivity contribution in [1.82, 2.24) is 4.90 Å². The largest absolute Gasteiger partial charge is 0.340 e. The van der Waals surface area contributed by atoms with Crippen molar-refractivity contribution in [3.8, 4) is 0 Å². The van der Waals surface area contributed by atoms with E-state index in [9.17, 15) is 17.1 Å². The zero-order valence-electron chi connectivity index (χ0n) is 11.8. The lowest BCUT2D eigenvalue weighted by Crippen LogP contribution is -2.34. The van der Waals surface area contributed by atoms with Crippen LogP contribution in [0.4, 0.5) is 3.89 Å². The number of carbonyl (C=O) groups is 1. The molecular formula is C13H24FNO3S. The number of halogens is 1. The molecule has 0 N–H and O–H groups in total. The van der Waals surface area contributed by atoms with Gasteiger partial charge in [-0.05, 0) is 13.3 Å². The van der Waals surface area contributed by atoms with Gasteiger partial charge in [0.2, 0.25) is 5.91 Å². The molecule has 1 aliphatic rings. The smallest absolute Gasteiger partial charge is 0.302 e. The molecule has 2 atom stereocenters. The van der Waals surface area contributed by atoms with Crippen LogP contribution in [-0.4, -0.2) is 37.6 Å². The van der Waals surface area contributed by atoms with E-state index in [0.29, 0.717) is 6.54 Å². The minimum absolute atomic E-state index is 0.0448. The van der Waals surface area contributed by atoms with Crippen LogP contribution in [0.25, 0.3) is 0 Å². The molecule has 19 heavy (non-hydrogen) atoms. The lowest BCUT2D eigenvalue weighted by molar-refractivity contribution is -0.129. The molecule has 0 bridgehead atoms. The van der Waals surface area contributed by atoms with Crippen molar-refractivity contribution in [2.45, 2.75) is 58.4 Å². The van der Waals surface area contributed by atoms with Crippen LogP contribution in [0.15, 0.2) is 0 Å². The summed E-state index contributed by atoms with van der Waals surface area (Å²) in [6.45, 7) is 4.50. The lowest BCUT2D eigenvalue weighted by atomic mass is 10.1. The molecule has 1 fully saturated rings. The third kappa shape index (κ3) is 5.89. The summed E-state index contributed by atoms with van der Waals surface area (Å²) < 4.78 is 33.9. The topological polar surface area (TPSA) is 54.5 Å². The molecule has 1 heterocycles. The maximum atomic E-state index is 12.6. The number of hydrogen-bond acceptors (Lipinski definition) is 3. The second-order valence-corrected chi connectivity index (χ2v) is 6.93. The zero-order valence-corrected chi connectivity index (χ0v) is 12.6. The Labute approximate surface area is 115 Å². The fourth-order valence-corrected chi connectivity index (χ4v) is 3.44. The number of rotatable bonds is 8. The lowest BCUT2D eigenvalue weighted by Gasteiger charge is -2.24. The Bertz CT molecular complexity index is 397. The van der Waals surface area contributed by atoms with E-state index in [2.05, 4.69) is 6.92 Å². The molecule has 0 aliphatic carbocycles. The molecule has 4 nitrogen and oxygen atoms in total. The van der Waals surface area contributed by atoms with E-state index in [0.717, 1.165) is 19.3 Å². The minimum Gasteiger partial charge on any atom is -0.340 e. The quantitative estimate of drug-likeness (QED) is 0.510. The summed E-state index contributed by atoms with van der Waals surface area (Å²) in [6.07, 6.45) is 5.69. The van der Waals surface area contributed by atoms with E-state index in [1.165, 1.54) is 12.8 Å². The van der Waals surface area contributed by atoms with Crippen LogP contribution in [0, 0.1) is 5.92 Å². The Morgan fingerprint density at radius 2 is 2.05 bits per heavy atom.